The Labute approximate surface area is 356 Å². The van der Waals surface area contributed by atoms with Gasteiger partial charge in [0.2, 0.25) is 17.6 Å². The van der Waals surface area contributed by atoms with Gasteiger partial charge in [0.1, 0.15) is 5.75 Å². The summed E-state index contributed by atoms with van der Waals surface area (Å²) in [7, 11) is 4.35. The van der Waals surface area contributed by atoms with Crippen molar-refractivity contribution < 1.29 is 43.2 Å². The summed E-state index contributed by atoms with van der Waals surface area (Å²) in [6.45, 7) is 2.71. The molecule has 1 saturated carbocycles. The number of phenols is 1. The van der Waals surface area contributed by atoms with Crippen LogP contribution in [-0.2, 0) is 29.3 Å². The summed E-state index contributed by atoms with van der Waals surface area (Å²) in [5.41, 5.74) is 4.83. The molecule has 0 radical (unpaired) electrons. The zero-order valence-corrected chi connectivity index (χ0v) is 34.5. The molecular weight excluding hydrogens is 811 g/mol. The van der Waals surface area contributed by atoms with Crippen molar-refractivity contribution in [2.24, 2.45) is 23.7 Å². The predicted molar refractivity (Wildman–Crippen MR) is 224 cm³/mol. The number of anilines is 3. The molecule has 0 spiro atoms. The number of methoxy groups -OCH3 is 3. The number of hydrazine groups is 1. The van der Waals surface area contributed by atoms with Crippen LogP contribution in [0.5, 0.6) is 23.0 Å². The lowest BCUT2D eigenvalue weighted by Crippen LogP contribution is -2.53. The van der Waals surface area contributed by atoms with Crippen LogP contribution in [0.25, 0.3) is 0 Å². The van der Waals surface area contributed by atoms with Gasteiger partial charge in [0.15, 0.2) is 11.5 Å². The van der Waals surface area contributed by atoms with Gasteiger partial charge < -0.3 is 29.0 Å². The standard InChI is InChI=1S/C45H42Cl2N4O9/c1-57-29-11-4-25(5-12-29)45-33(42(54)51(44(45)56)48-35-15-6-26(46)22-34(35)47)23-32-30(39(45)24-20-36(58-2)40(52)37(21-24)59-3)13-14-31-38(32)43(55)50(41(31)53)28-9-7-27(8-10-28)49-16-18-60-19-17-49/h4-13,15,20-22,31-33,38-39,48,52H,14,16-19,23H2,1-3H3/t31-,32+,33-,38-,39-,45+/m0/s1. The minimum absolute atomic E-state index is 0.0712. The number of nitrogens with one attached hydrogen (secondary N) is 1. The molecule has 2 aliphatic carbocycles. The van der Waals surface area contributed by atoms with Gasteiger partial charge in [0.05, 0.1) is 74.1 Å². The van der Waals surface area contributed by atoms with E-state index < -0.39 is 46.8 Å². The minimum Gasteiger partial charge on any atom is -0.502 e. The molecule has 3 heterocycles. The number of imide groups is 2. The highest BCUT2D eigenvalue weighted by atomic mass is 35.5. The first-order valence-corrected chi connectivity index (χ1v) is 20.5. The van der Waals surface area contributed by atoms with Crippen molar-refractivity contribution in [3.05, 3.63) is 112 Å². The Kier molecular flexibility index (Phi) is 10.2. The number of carbonyl (C=O) groups excluding carboxylic acids is 4. The number of hydrogen-bond acceptors (Lipinski definition) is 11. The Morgan fingerprint density at radius 1 is 0.783 bits per heavy atom. The molecule has 4 aromatic carbocycles. The van der Waals surface area contributed by atoms with Crippen LogP contribution < -0.4 is 29.4 Å². The largest absolute Gasteiger partial charge is 0.502 e. The van der Waals surface area contributed by atoms with Crippen molar-refractivity contribution in [3.63, 3.8) is 0 Å². The van der Waals surface area contributed by atoms with E-state index in [2.05, 4.69) is 10.3 Å². The quantitative estimate of drug-likeness (QED) is 0.136. The molecule has 15 heteroatoms. The fourth-order valence-corrected chi connectivity index (χ4v) is 10.6. The van der Waals surface area contributed by atoms with Crippen LogP contribution in [0.4, 0.5) is 17.1 Å². The number of morpholine rings is 1. The number of fused-ring (bicyclic) bond motifs is 4. The maximum Gasteiger partial charge on any atom is 0.260 e. The van der Waals surface area contributed by atoms with Crippen LogP contribution in [0.2, 0.25) is 10.0 Å². The molecule has 0 bridgehead atoms. The molecular formula is C45H42Cl2N4O9. The highest BCUT2D eigenvalue weighted by Crippen LogP contribution is 2.65. The van der Waals surface area contributed by atoms with Gasteiger partial charge in [0.25, 0.3) is 11.8 Å². The predicted octanol–water partition coefficient (Wildman–Crippen LogP) is 6.75. The molecule has 310 valence electrons. The van der Waals surface area contributed by atoms with Crippen molar-refractivity contribution in [3.8, 4) is 23.0 Å². The number of rotatable bonds is 9. The smallest absolute Gasteiger partial charge is 0.260 e. The van der Waals surface area contributed by atoms with Crippen molar-refractivity contribution in [1.82, 2.24) is 5.01 Å². The van der Waals surface area contributed by atoms with Gasteiger partial charge in [0, 0.05) is 29.7 Å². The van der Waals surface area contributed by atoms with Gasteiger partial charge in [-0.3, -0.25) is 29.5 Å². The molecule has 4 aromatic rings. The molecule has 3 saturated heterocycles. The Morgan fingerprint density at radius 2 is 1.45 bits per heavy atom. The zero-order valence-electron chi connectivity index (χ0n) is 33.0. The van der Waals surface area contributed by atoms with E-state index in [1.54, 1.807) is 60.7 Å². The first-order valence-electron chi connectivity index (χ1n) is 19.7. The second-order valence-electron chi connectivity index (χ2n) is 15.6. The molecule has 9 rings (SSSR count). The van der Waals surface area contributed by atoms with Gasteiger partial charge in [-0.05, 0) is 96.6 Å². The van der Waals surface area contributed by atoms with E-state index in [1.807, 2.05) is 18.2 Å². The Balaban J connectivity index is 1.20. The number of allylic oxidation sites excluding steroid dienone is 2. The van der Waals surface area contributed by atoms with E-state index in [0.29, 0.717) is 40.8 Å². The number of ether oxygens (including phenoxy) is 4. The number of halogens is 2. The molecule has 0 unspecified atom stereocenters. The highest BCUT2D eigenvalue weighted by Gasteiger charge is 2.70. The summed E-state index contributed by atoms with van der Waals surface area (Å²) in [6.07, 6.45) is 2.26. The lowest BCUT2D eigenvalue weighted by Gasteiger charge is -2.50. The molecule has 0 aromatic heterocycles. The monoisotopic (exact) mass is 852 g/mol. The summed E-state index contributed by atoms with van der Waals surface area (Å²) < 4.78 is 22.3. The van der Waals surface area contributed by atoms with Crippen LogP contribution >= 0.6 is 23.2 Å². The zero-order chi connectivity index (χ0) is 42.0. The average molecular weight is 854 g/mol. The van der Waals surface area contributed by atoms with Crippen molar-refractivity contribution in [2.75, 3.05) is 62.9 Å². The third kappa shape index (κ3) is 6.08. The van der Waals surface area contributed by atoms with E-state index in [4.69, 9.17) is 42.1 Å². The molecule has 6 atom stereocenters. The average Bonchev–Trinajstić information content (AvgIpc) is 3.65. The van der Waals surface area contributed by atoms with E-state index in [-0.39, 0.29) is 52.6 Å². The summed E-state index contributed by atoms with van der Waals surface area (Å²) in [4.78, 5) is 63.5. The van der Waals surface area contributed by atoms with Gasteiger partial charge in [-0.2, -0.15) is 5.01 Å². The molecule has 5 aliphatic rings. The fraction of sp³-hybridized carbons (Fsp3) is 0.333. The lowest BCUT2D eigenvalue weighted by molar-refractivity contribution is -0.138. The third-order valence-corrected chi connectivity index (χ3v) is 13.4. The Hall–Kier alpha value is -5.76. The van der Waals surface area contributed by atoms with E-state index in [1.165, 1.54) is 32.3 Å². The van der Waals surface area contributed by atoms with Gasteiger partial charge in [-0.25, -0.2) is 0 Å². The minimum atomic E-state index is -1.63. The molecule has 13 nitrogen and oxygen atoms in total. The number of amides is 4. The summed E-state index contributed by atoms with van der Waals surface area (Å²) >= 11 is 12.8. The van der Waals surface area contributed by atoms with Gasteiger partial charge in [-0.15, -0.1) is 0 Å². The topological polar surface area (TPSA) is 147 Å². The van der Waals surface area contributed by atoms with E-state index >= 15 is 9.59 Å². The van der Waals surface area contributed by atoms with Crippen LogP contribution in [-0.4, -0.2) is 81.4 Å². The molecule has 4 amide bonds. The molecule has 4 fully saturated rings. The van der Waals surface area contributed by atoms with Crippen molar-refractivity contribution in [1.29, 1.82) is 0 Å². The van der Waals surface area contributed by atoms with Crippen molar-refractivity contribution in [2.45, 2.75) is 24.2 Å². The van der Waals surface area contributed by atoms with Crippen LogP contribution in [0.3, 0.4) is 0 Å². The fourth-order valence-electron chi connectivity index (χ4n) is 10.2. The highest BCUT2D eigenvalue weighted by molar-refractivity contribution is 6.36. The first kappa shape index (κ1) is 39.7. The van der Waals surface area contributed by atoms with Crippen LogP contribution in [0, 0.1) is 23.7 Å². The molecule has 3 aliphatic heterocycles. The number of aromatic hydroxyl groups is 1. The summed E-state index contributed by atoms with van der Waals surface area (Å²) in [5, 5.41) is 12.7. The number of carbonyl (C=O) groups is 4. The summed E-state index contributed by atoms with van der Waals surface area (Å²) in [6, 6.07) is 22.4. The van der Waals surface area contributed by atoms with Gasteiger partial charge >= 0.3 is 0 Å². The SMILES string of the molecule is COc1ccc([C@@]23C(=O)N(Nc4ccc(Cl)cc4Cl)C(=O)[C@@H]2C[C@@H]2C(=CC[C@@H]4C(=O)N(c5ccc(N6CCOCC6)cc5)C(=O)[C@@H]42)[C@@H]3c2cc(OC)c(O)c(OC)c2)cc1. The first-order chi connectivity index (χ1) is 29.0. The number of phenolic OH excluding ortho intramolecular Hbond substituents is 1. The number of benzene rings is 4. The second-order valence-corrected chi connectivity index (χ2v) is 16.5. The Bertz CT molecular complexity index is 2410. The molecule has 60 heavy (non-hydrogen) atoms. The Morgan fingerprint density at radius 3 is 2.08 bits per heavy atom. The van der Waals surface area contributed by atoms with E-state index in [9.17, 15) is 14.7 Å². The van der Waals surface area contributed by atoms with Crippen LogP contribution in [0.1, 0.15) is 29.9 Å². The third-order valence-electron chi connectivity index (χ3n) is 12.9. The van der Waals surface area contributed by atoms with E-state index in [0.717, 1.165) is 29.4 Å². The molecule has 2 N–H and O–H groups in total. The maximum atomic E-state index is 15.6. The van der Waals surface area contributed by atoms with Crippen molar-refractivity contribution >= 4 is 63.9 Å². The lowest BCUT2D eigenvalue weighted by atomic mass is 9.49. The number of hydrogen-bond donors (Lipinski definition) is 2. The van der Waals surface area contributed by atoms with Crippen LogP contribution in [0.15, 0.2) is 90.5 Å². The maximum absolute atomic E-state index is 15.6. The normalized spacial score (nSPS) is 26.1. The number of nitrogens with zero attached hydrogens (tertiary/aromatic N) is 3. The van der Waals surface area contributed by atoms with Gasteiger partial charge in [-0.1, -0.05) is 47.0 Å². The second kappa shape index (κ2) is 15.4. The summed E-state index contributed by atoms with van der Waals surface area (Å²) in [5.74, 6) is -5.47.